The molecule has 1 aromatic heterocycles. The van der Waals surface area contributed by atoms with E-state index in [-0.39, 0.29) is 5.52 Å². The molecule has 0 spiro atoms. The third kappa shape index (κ3) is 3.18. The van der Waals surface area contributed by atoms with Crippen LogP contribution in [0.15, 0.2) is 48.8 Å². The summed E-state index contributed by atoms with van der Waals surface area (Å²) in [7, 11) is 1.57. The van der Waals surface area contributed by atoms with Crippen LogP contribution in [0.4, 0.5) is 24.7 Å². The van der Waals surface area contributed by atoms with Gasteiger partial charge in [0.2, 0.25) is 0 Å². The van der Waals surface area contributed by atoms with Gasteiger partial charge in [-0.15, -0.1) is 0 Å². The number of ether oxygens (including phenoxy) is 1. The summed E-state index contributed by atoms with van der Waals surface area (Å²) in [5.74, 6) is 1.15. The molecule has 118 valence electrons. The van der Waals surface area contributed by atoms with Crippen LogP contribution in [0.3, 0.4) is 0 Å². The van der Waals surface area contributed by atoms with Gasteiger partial charge in [-0.05, 0) is 42.5 Å². The molecule has 0 saturated carbocycles. The molecular formula is C16H12F3N3O. The van der Waals surface area contributed by atoms with E-state index >= 15 is 0 Å². The number of anilines is 2. The van der Waals surface area contributed by atoms with Gasteiger partial charge in [-0.25, -0.2) is 9.97 Å². The molecule has 0 unspecified atom stereocenters. The first kappa shape index (κ1) is 15.1. The number of hydrogen-bond donors (Lipinski definition) is 1. The molecular weight excluding hydrogens is 307 g/mol. The van der Waals surface area contributed by atoms with Crippen LogP contribution in [0.2, 0.25) is 0 Å². The molecule has 2 aromatic carbocycles. The van der Waals surface area contributed by atoms with Gasteiger partial charge in [0.05, 0.1) is 18.2 Å². The van der Waals surface area contributed by atoms with Crippen molar-refractivity contribution in [2.24, 2.45) is 0 Å². The van der Waals surface area contributed by atoms with E-state index in [9.17, 15) is 13.2 Å². The molecule has 0 amide bonds. The molecule has 0 bridgehead atoms. The number of halogens is 3. The third-order valence-electron chi connectivity index (χ3n) is 3.32. The van der Waals surface area contributed by atoms with Crippen molar-refractivity contribution in [2.75, 3.05) is 12.4 Å². The highest BCUT2D eigenvalue weighted by molar-refractivity contribution is 5.91. The summed E-state index contributed by atoms with van der Waals surface area (Å²) in [5, 5.41) is 3.58. The second kappa shape index (κ2) is 5.75. The van der Waals surface area contributed by atoms with Crippen LogP contribution >= 0.6 is 0 Å². The Morgan fingerprint density at radius 3 is 2.39 bits per heavy atom. The zero-order valence-corrected chi connectivity index (χ0v) is 12.1. The number of benzene rings is 2. The quantitative estimate of drug-likeness (QED) is 0.777. The predicted molar refractivity (Wildman–Crippen MR) is 80.8 cm³/mol. The fourth-order valence-electron chi connectivity index (χ4n) is 2.14. The molecule has 0 aliphatic carbocycles. The standard InChI is InChI=1S/C16H12F3N3O/c1-23-12-5-3-11(4-6-12)22-15-13-7-2-10(16(17,18)19)8-14(13)20-9-21-15/h2-9H,1H3,(H,20,21,22). The van der Waals surface area contributed by atoms with Crippen LogP contribution in [0.1, 0.15) is 5.56 Å². The highest BCUT2D eigenvalue weighted by atomic mass is 19.4. The molecule has 3 aromatic rings. The molecule has 1 N–H and O–H groups in total. The van der Waals surface area contributed by atoms with Gasteiger partial charge in [0.25, 0.3) is 0 Å². The number of nitrogens with zero attached hydrogens (tertiary/aromatic N) is 2. The largest absolute Gasteiger partial charge is 0.497 e. The molecule has 0 fully saturated rings. The molecule has 23 heavy (non-hydrogen) atoms. The minimum Gasteiger partial charge on any atom is -0.497 e. The van der Waals surface area contributed by atoms with Crippen LogP contribution in [0.5, 0.6) is 5.75 Å². The monoisotopic (exact) mass is 319 g/mol. The maximum atomic E-state index is 12.8. The Kier molecular flexibility index (Phi) is 3.77. The zero-order chi connectivity index (χ0) is 16.4. The number of nitrogens with one attached hydrogen (secondary N) is 1. The molecule has 0 radical (unpaired) electrons. The molecule has 0 aliphatic rings. The first-order valence-electron chi connectivity index (χ1n) is 6.70. The van der Waals surface area contributed by atoms with E-state index in [0.29, 0.717) is 17.0 Å². The SMILES string of the molecule is COc1ccc(Nc2ncnc3cc(C(F)(F)F)ccc23)cc1. The van der Waals surface area contributed by atoms with Crippen molar-refractivity contribution >= 4 is 22.4 Å². The Morgan fingerprint density at radius 1 is 1.00 bits per heavy atom. The van der Waals surface area contributed by atoms with E-state index in [4.69, 9.17) is 4.74 Å². The van der Waals surface area contributed by atoms with E-state index in [1.165, 1.54) is 12.4 Å². The van der Waals surface area contributed by atoms with Crippen LogP contribution in [0, 0.1) is 0 Å². The Labute approximate surface area is 129 Å². The van der Waals surface area contributed by atoms with E-state index in [1.54, 1.807) is 31.4 Å². The van der Waals surface area contributed by atoms with Gasteiger partial charge in [-0.3, -0.25) is 0 Å². The number of aromatic nitrogens is 2. The van der Waals surface area contributed by atoms with Crippen LogP contribution in [-0.2, 0) is 6.18 Å². The van der Waals surface area contributed by atoms with Crippen LogP contribution in [-0.4, -0.2) is 17.1 Å². The zero-order valence-electron chi connectivity index (χ0n) is 12.1. The van der Waals surface area contributed by atoms with Gasteiger partial charge in [0.1, 0.15) is 17.9 Å². The highest BCUT2D eigenvalue weighted by Gasteiger charge is 2.30. The van der Waals surface area contributed by atoms with E-state index in [2.05, 4.69) is 15.3 Å². The van der Waals surface area contributed by atoms with E-state index in [1.807, 2.05) is 0 Å². The number of hydrogen-bond acceptors (Lipinski definition) is 4. The Hall–Kier alpha value is -2.83. The number of alkyl halides is 3. The molecule has 3 rings (SSSR count). The number of methoxy groups -OCH3 is 1. The lowest BCUT2D eigenvalue weighted by Gasteiger charge is -2.11. The van der Waals surface area contributed by atoms with Gasteiger partial charge < -0.3 is 10.1 Å². The van der Waals surface area contributed by atoms with Gasteiger partial charge in [-0.1, -0.05) is 0 Å². The first-order chi connectivity index (χ1) is 11.0. The molecule has 4 nitrogen and oxygen atoms in total. The maximum absolute atomic E-state index is 12.8. The maximum Gasteiger partial charge on any atom is 0.416 e. The second-order valence-corrected chi connectivity index (χ2v) is 4.81. The van der Waals surface area contributed by atoms with Crippen molar-refractivity contribution in [3.05, 3.63) is 54.4 Å². The lowest BCUT2D eigenvalue weighted by atomic mass is 10.1. The fraction of sp³-hybridized carbons (Fsp3) is 0.125. The Balaban J connectivity index is 1.97. The summed E-state index contributed by atoms with van der Waals surface area (Å²) in [6.07, 6.45) is -3.17. The summed E-state index contributed by atoms with van der Waals surface area (Å²) in [6, 6.07) is 10.5. The summed E-state index contributed by atoms with van der Waals surface area (Å²) < 4.78 is 43.4. The smallest absolute Gasteiger partial charge is 0.416 e. The van der Waals surface area contributed by atoms with Gasteiger partial charge in [0.15, 0.2) is 0 Å². The van der Waals surface area contributed by atoms with Crippen LogP contribution < -0.4 is 10.1 Å². The molecule has 0 atom stereocenters. The van der Waals surface area contributed by atoms with Crippen molar-refractivity contribution < 1.29 is 17.9 Å². The van der Waals surface area contributed by atoms with Crippen LogP contribution in [0.25, 0.3) is 10.9 Å². The van der Waals surface area contributed by atoms with E-state index in [0.717, 1.165) is 17.8 Å². The highest BCUT2D eigenvalue weighted by Crippen LogP contribution is 2.32. The number of fused-ring (bicyclic) bond motifs is 1. The normalized spacial score (nSPS) is 11.5. The summed E-state index contributed by atoms with van der Waals surface area (Å²) in [5.41, 5.74) is 0.232. The topological polar surface area (TPSA) is 47.0 Å². The lowest BCUT2D eigenvalue weighted by Crippen LogP contribution is -2.05. The second-order valence-electron chi connectivity index (χ2n) is 4.81. The van der Waals surface area contributed by atoms with E-state index < -0.39 is 11.7 Å². The molecule has 7 heteroatoms. The summed E-state index contributed by atoms with van der Waals surface area (Å²) in [6.45, 7) is 0. The third-order valence-corrected chi connectivity index (χ3v) is 3.32. The molecule has 0 saturated heterocycles. The average Bonchev–Trinajstić information content (AvgIpc) is 2.54. The minimum atomic E-state index is -4.40. The van der Waals surface area contributed by atoms with Gasteiger partial charge in [0, 0.05) is 11.1 Å². The first-order valence-corrected chi connectivity index (χ1v) is 6.70. The molecule has 0 aliphatic heterocycles. The van der Waals surface area contributed by atoms with Crippen molar-refractivity contribution in [3.63, 3.8) is 0 Å². The summed E-state index contributed by atoms with van der Waals surface area (Å²) in [4.78, 5) is 8.02. The molecule has 1 heterocycles. The minimum absolute atomic E-state index is 0.228. The van der Waals surface area contributed by atoms with Gasteiger partial charge in [-0.2, -0.15) is 13.2 Å². The summed E-state index contributed by atoms with van der Waals surface area (Å²) >= 11 is 0. The number of rotatable bonds is 3. The fourth-order valence-corrected chi connectivity index (χ4v) is 2.14. The lowest BCUT2D eigenvalue weighted by molar-refractivity contribution is -0.137. The van der Waals surface area contributed by atoms with Crippen molar-refractivity contribution in [2.45, 2.75) is 6.18 Å². The predicted octanol–water partition coefficient (Wildman–Crippen LogP) is 4.40. The van der Waals surface area contributed by atoms with Crippen molar-refractivity contribution in [1.82, 2.24) is 9.97 Å². The Morgan fingerprint density at radius 2 is 1.74 bits per heavy atom. The van der Waals surface area contributed by atoms with Crippen molar-refractivity contribution in [1.29, 1.82) is 0 Å². The Bertz CT molecular complexity index is 832. The average molecular weight is 319 g/mol. The van der Waals surface area contributed by atoms with Crippen molar-refractivity contribution in [3.8, 4) is 5.75 Å². The van der Waals surface area contributed by atoms with Gasteiger partial charge >= 0.3 is 6.18 Å².